The SMILES string of the molecule is NC(=O)C(c1ccccc1)(c1ccccc1)[C@@H]1CCN(CCS(=O)(=O)NCCCCCNC[C@@H](O)c2ccc(OCc3ccccc3)c3[nH]c(=O)ccc23)C1. The van der Waals surface area contributed by atoms with Crippen LogP contribution in [0, 0.1) is 5.92 Å². The van der Waals surface area contributed by atoms with Gasteiger partial charge in [-0.1, -0.05) is 103 Å². The first-order valence-electron chi connectivity index (χ1n) is 19.0. The second kappa shape index (κ2) is 18.7. The smallest absolute Gasteiger partial charge is 0.248 e. The van der Waals surface area contributed by atoms with E-state index in [1.165, 1.54) is 6.07 Å². The number of primary amides is 1. The summed E-state index contributed by atoms with van der Waals surface area (Å²) >= 11 is 0. The number of aromatic amines is 1. The zero-order valence-electron chi connectivity index (χ0n) is 31.0. The van der Waals surface area contributed by atoms with Crippen LogP contribution in [0.5, 0.6) is 5.75 Å². The molecule has 11 nitrogen and oxygen atoms in total. The molecule has 1 aromatic heterocycles. The van der Waals surface area contributed by atoms with Crippen LogP contribution in [0.25, 0.3) is 10.9 Å². The van der Waals surface area contributed by atoms with E-state index < -0.39 is 27.4 Å². The highest BCUT2D eigenvalue weighted by molar-refractivity contribution is 7.89. The summed E-state index contributed by atoms with van der Waals surface area (Å²) in [7, 11) is -3.49. The van der Waals surface area contributed by atoms with Gasteiger partial charge < -0.3 is 30.8 Å². The number of sulfonamides is 1. The van der Waals surface area contributed by atoms with Crippen LogP contribution in [0.3, 0.4) is 0 Å². The van der Waals surface area contributed by atoms with E-state index in [0.29, 0.717) is 69.1 Å². The van der Waals surface area contributed by atoms with Gasteiger partial charge in [-0.05, 0) is 72.7 Å². The molecule has 2 heterocycles. The Balaban J connectivity index is 0.917. The number of nitrogens with one attached hydrogen (secondary N) is 3. The molecule has 12 heteroatoms. The quantitative estimate of drug-likeness (QED) is 0.0717. The van der Waals surface area contributed by atoms with Crippen molar-refractivity contribution in [2.24, 2.45) is 11.7 Å². The number of rotatable bonds is 20. The molecule has 2 atom stereocenters. The van der Waals surface area contributed by atoms with Crippen LogP contribution in [0.15, 0.2) is 120 Å². The number of ether oxygens (including phenoxy) is 1. The maximum Gasteiger partial charge on any atom is 0.248 e. The third-order valence-electron chi connectivity index (χ3n) is 10.6. The molecule has 1 amide bonds. The molecule has 1 saturated heterocycles. The minimum absolute atomic E-state index is 0.0257. The van der Waals surface area contributed by atoms with Crippen LogP contribution in [-0.4, -0.2) is 74.3 Å². The molecule has 1 fully saturated rings. The standard InChI is InChI=1S/C43H51N5O6S/c44-42(51)43(33-15-7-2-8-16-33,34-17-9-3-10-18-34)35-23-26-48(30-35)27-28-55(52,53)46-25-12-4-11-24-45-29-38(49)36-19-21-39(41-37(36)20-22-40(50)47-41)54-31-32-13-5-1-6-14-32/h1-3,5-10,13-22,35,38,45-46,49H,4,11-12,23-31H2,(H2,44,51)(H,47,50)/t35-,38-/m1/s1. The van der Waals surface area contributed by atoms with Crippen LogP contribution in [0.2, 0.25) is 0 Å². The molecule has 1 aliphatic rings. The van der Waals surface area contributed by atoms with E-state index in [4.69, 9.17) is 10.5 Å². The molecule has 290 valence electrons. The number of likely N-dealkylation sites (tertiary alicyclic amines) is 1. The first kappa shape index (κ1) is 39.8. The minimum Gasteiger partial charge on any atom is -0.487 e. The van der Waals surface area contributed by atoms with Gasteiger partial charge in [0.05, 0.1) is 17.4 Å². The Labute approximate surface area is 323 Å². The Bertz CT molecular complexity index is 2130. The van der Waals surface area contributed by atoms with Gasteiger partial charge in [-0.15, -0.1) is 0 Å². The molecule has 0 saturated carbocycles. The number of aliphatic hydroxyl groups excluding tert-OH is 1. The molecule has 0 radical (unpaired) electrons. The molecule has 0 aliphatic carbocycles. The van der Waals surface area contributed by atoms with Gasteiger partial charge in [-0.25, -0.2) is 13.1 Å². The van der Waals surface area contributed by atoms with Crippen molar-refractivity contribution < 1.29 is 23.1 Å². The summed E-state index contributed by atoms with van der Waals surface area (Å²) in [5.74, 6) is 0.00699. The highest BCUT2D eigenvalue weighted by Gasteiger charge is 2.49. The van der Waals surface area contributed by atoms with Gasteiger partial charge in [0.25, 0.3) is 0 Å². The number of H-pyrrole nitrogens is 1. The number of aromatic nitrogens is 1. The van der Waals surface area contributed by atoms with Crippen molar-refractivity contribution in [1.29, 1.82) is 0 Å². The predicted molar refractivity (Wildman–Crippen MR) is 216 cm³/mol. The summed E-state index contributed by atoms with van der Waals surface area (Å²) in [5, 5.41) is 15.0. The number of nitrogens with zero attached hydrogens (tertiary/aromatic N) is 1. The molecule has 55 heavy (non-hydrogen) atoms. The Morgan fingerprint density at radius 3 is 2.22 bits per heavy atom. The average molecular weight is 766 g/mol. The predicted octanol–water partition coefficient (Wildman–Crippen LogP) is 4.61. The summed E-state index contributed by atoms with van der Waals surface area (Å²) in [4.78, 5) is 30.5. The van der Waals surface area contributed by atoms with Gasteiger partial charge in [0, 0.05) is 37.6 Å². The number of carbonyl (C=O) groups excluding carboxylic acids is 1. The van der Waals surface area contributed by atoms with Crippen molar-refractivity contribution in [3.8, 4) is 5.75 Å². The van der Waals surface area contributed by atoms with Gasteiger partial charge in [-0.2, -0.15) is 0 Å². The first-order valence-corrected chi connectivity index (χ1v) is 20.6. The van der Waals surface area contributed by atoms with E-state index in [9.17, 15) is 23.1 Å². The lowest BCUT2D eigenvalue weighted by atomic mass is 9.64. The molecule has 6 rings (SSSR count). The number of unbranched alkanes of at least 4 members (excludes halogenated alkanes) is 2. The van der Waals surface area contributed by atoms with Crippen LogP contribution in [-0.2, 0) is 26.8 Å². The van der Waals surface area contributed by atoms with Crippen molar-refractivity contribution in [2.75, 3.05) is 45.0 Å². The van der Waals surface area contributed by atoms with Crippen LogP contribution >= 0.6 is 0 Å². The molecular formula is C43H51N5O6S. The highest BCUT2D eigenvalue weighted by Crippen LogP contribution is 2.43. The molecule has 0 spiro atoms. The van der Waals surface area contributed by atoms with Crippen molar-refractivity contribution in [3.63, 3.8) is 0 Å². The lowest BCUT2D eigenvalue weighted by molar-refractivity contribution is -0.123. The first-order chi connectivity index (χ1) is 26.7. The Kier molecular flexibility index (Phi) is 13.5. The zero-order chi connectivity index (χ0) is 38.7. The van der Waals surface area contributed by atoms with E-state index in [1.807, 2.05) is 97.1 Å². The maximum absolute atomic E-state index is 13.3. The van der Waals surface area contributed by atoms with Crippen molar-refractivity contribution in [3.05, 3.63) is 148 Å². The van der Waals surface area contributed by atoms with Crippen molar-refractivity contribution in [1.82, 2.24) is 19.9 Å². The number of pyridine rings is 1. The monoisotopic (exact) mass is 765 g/mol. The topological polar surface area (TPSA) is 167 Å². The largest absolute Gasteiger partial charge is 0.487 e. The number of hydrogen-bond acceptors (Lipinski definition) is 8. The number of carbonyl (C=O) groups is 1. The summed E-state index contributed by atoms with van der Waals surface area (Å²) in [6.45, 7) is 3.29. The van der Waals surface area contributed by atoms with Gasteiger partial charge >= 0.3 is 0 Å². The van der Waals surface area contributed by atoms with E-state index in [2.05, 4.69) is 19.9 Å². The number of hydrogen-bond donors (Lipinski definition) is 5. The fourth-order valence-corrected chi connectivity index (χ4v) is 8.86. The third-order valence-corrected chi connectivity index (χ3v) is 11.9. The van der Waals surface area contributed by atoms with Gasteiger partial charge in [0.2, 0.25) is 21.5 Å². The summed E-state index contributed by atoms with van der Waals surface area (Å²) in [6.07, 6.45) is 2.23. The van der Waals surface area contributed by atoms with Gasteiger partial charge in [0.15, 0.2) is 0 Å². The number of nitrogens with two attached hydrogens (primary N) is 1. The number of benzene rings is 4. The summed E-state index contributed by atoms with van der Waals surface area (Å²) in [5.41, 5.74) is 8.88. The van der Waals surface area contributed by atoms with Crippen LogP contribution in [0.1, 0.15) is 54.0 Å². The lowest BCUT2D eigenvalue weighted by Gasteiger charge is -2.37. The van der Waals surface area contributed by atoms with Crippen molar-refractivity contribution >= 4 is 26.8 Å². The molecule has 0 unspecified atom stereocenters. The van der Waals surface area contributed by atoms with Gasteiger partial charge in [0.1, 0.15) is 17.8 Å². The summed E-state index contributed by atoms with van der Waals surface area (Å²) in [6, 6.07) is 35.8. The Morgan fingerprint density at radius 2 is 1.55 bits per heavy atom. The Morgan fingerprint density at radius 1 is 0.891 bits per heavy atom. The number of aliphatic hydroxyl groups is 1. The van der Waals surface area contributed by atoms with Crippen molar-refractivity contribution in [2.45, 2.75) is 43.8 Å². The molecule has 6 N–H and O–H groups in total. The van der Waals surface area contributed by atoms with E-state index >= 15 is 0 Å². The minimum atomic E-state index is -3.49. The van der Waals surface area contributed by atoms with E-state index in [-0.39, 0.29) is 17.2 Å². The van der Waals surface area contributed by atoms with Crippen LogP contribution in [0.4, 0.5) is 0 Å². The lowest BCUT2D eigenvalue weighted by Crippen LogP contribution is -2.49. The maximum atomic E-state index is 13.3. The molecular weight excluding hydrogens is 715 g/mol. The second-order valence-corrected chi connectivity index (χ2v) is 16.1. The third kappa shape index (κ3) is 9.88. The molecule has 1 aliphatic heterocycles. The fraction of sp³-hybridized carbons (Fsp3) is 0.349. The fourth-order valence-electron chi connectivity index (χ4n) is 7.76. The second-order valence-electron chi connectivity index (χ2n) is 14.2. The number of fused-ring (bicyclic) bond motifs is 1. The van der Waals surface area contributed by atoms with E-state index in [0.717, 1.165) is 41.3 Å². The van der Waals surface area contributed by atoms with Gasteiger partial charge in [-0.3, -0.25) is 9.59 Å². The zero-order valence-corrected chi connectivity index (χ0v) is 31.8. The number of amides is 1. The van der Waals surface area contributed by atoms with E-state index in [1.54, 1.807) is 12.1 Å². The normalized spacial score (nSPS) is 15.6. The average Bonchev–Trinajstić information content (AvgIpc) is 3.67. The van der Waals surface area contributed by atoms with Crippen LogP contribution < -0.4 is 26.1 Å². The summed E-state index contributed by atoms with van der Waals surface area (Å²) < 4.78 is 34.6. The highest BCUT2D eigenvalue weighted by atomic mass is 32.2. The Hall–Kier alpha value is -4.85. The molecule has 0 bridgehead atoms. The molecule has 4 aromatic carbocycles. The molecule has 5 aromatic rings.